The molecule has 1 aliphatic rings. The van der Waals surface area contributed by atoms with Crippen LogP contribution in [0.1, 0.15) is 50.0 Å². The monoisotopic (exact) mass is 318 g/mol. The topological polar surface area (TPSA) is 0 Å². The van der Waals surface area contributed by atoms with E-state index in [1.165, 1.54) is 29.0 Å². The molecule has 0 bridgehead atoms. The Balaban J connectivity index is 1.83. The van der Waals surface area contributed by atoms with Crippen molar-refractivity contribution in [3.63, 3.8) is 0 Å². The van der Waals surface area contributed by atoms with Crippen LogP contribution in [0.25, 0.3) is 16.7 Å². The summed E-state index contributed by atoms with van der Waals surface area (Å²) in [6.07, 6.45) is 3.43. The molecule has 0 atom stereocenters. The van der Waals surface area contributed by atoms with Crippen LogP contribution >= 0.6 is 11.3 Å². The van der Waals surface area contributed by atoms with Crippen LogP contribution < -0.4 is 0 Å². The Hall–Kier alpha value is -1.48. The van der Waals surface area contributed by atoms with E-state index in [2.05, 4.69) is 31.4 Å². The number of allylic oxidation sites excluding steroid dienone is 2. The Bertz CT molecular complexity index is 678. The number of hydrogen-bond donors (Lipinski definition) is 0. The summed E-state index contributed by atoms with van der Waals surface area (Å²) in [5, 5.41) is 2.12. The van der Waals surface area contributed by atoms with Gasteiger partial charge in [0.2, 0.25) is 0 Å². The molecule has 0 spiro atoms. The quantitative estimate of drug-likeness (QED) is 0.574. The van der Waals surface area contributed by atoms with E-state index in [1.807, 2.05) is 0 Å². The molecule has 0 saturated heterocycles. The van der Waals surface area contributed by atoms with Gasteiger partial charge in [0.1, 0.15) is 0 Å². The van der Waals surface area contributed by atoms with Gasteiger partial charge in [0.05, 0.1) is 0 Å². The third-order valence-electron chi connectivity index (χ3n) is 4.29. The fourth-order valence-electron chi connectivity index (χ4n) is 2.98. The van der Waals surface area contributed by atoms with Crippen molar-refractivity contribution >= 4 is 16.9 Å². The maximum Gasteiger partial charge on any atom is 0.263 e. The summed E-state index contributed by atoms with van der Waals surface area (Å²) in [5.74, 6) is 0. The van der Waals surface area contributed by atoms with Crippen molar-refractivity contribution in [2.45, 2.75) is 39.5 Å². The molecule has 3 rings (SSSR count). The second kappa shape index (κ2) is 5.96. The second-order valence-corrected chi connectivity index (χ2v) is 7.64. The van der Waals surface area contributed by atoms with Crippen LogP contribution in [-0.2, 0) is 0 Å². The minimum Gasteiger partial charge on any atom is -0.205 e. The van der Waals surface area contributed by atoms with Gasteiger partial charge in [-0.25, -0.2) is 8.78 Å². The molecule has 1 aromatic heterocycles. The van der Waals surface area contributed by atoms with Crippen LogP contribution in [0.2, 0.25) is 0 Å². The van der Waals surface area contributed by atoms with Crippen LogP contribution in [0.15, 0.2) is 41.8 Å². The van der Waals surface area contributed by atoms with Crippen LogP contribution in [0, 0.1) is 5.41 Å². The van der Waals surface area contributed by atoms with Gasteiger partial charge in [0.15, 0.2) is 0 Å². The predicted octanol–water partition coefficient (Wildman–Crippen LogP) is 6.95. The lowest BCUT2D eigenvalue weighted by Gasteiger charge is -2.29. The predicted molar refractivity (Wildman–Crippen MR) is 90.3 cm³/mol. The van der Waals surface area contributed by atoms with E-state index in [0.29, 0.717) is 5.41 Å². The Morgan fingerprint density at radius 2 is 1.82 bits per heavy atom. The van der Waals surface area contributed by atoms with E-state index in [4.69, 9.17) is 0 Å². The van der Waals surface area contributed by atoms with E-state index in [0.717, 1.165) is 24.0 Å². The summed E-state index contributed by atoms with van der Waals surface area (Å²) in [6, 6.07) is 8.79. The smallest absolute Gasteiger partial charge is 0.205 e. The molecule has 0 aliphatic heterocycles. The molecule has 2 aromatic rings. The van der Waals surface area contributed by atoms with E-state index >= 15 is 0 Å². The van der Waals surface area contributed by atoms with Crippen molar-refractivity contribution in [3.05, 3.63) is 52.2 Å². The van der Waals surface area contributed by atoms with Crippen LogP contribution in [0.4, 0.5) is 8.78 Å². The molecule has 0 fully saturated rings. The van der Waals surface area contributed by atoms with Gasteiger partial charge in [-0.1, -0.05) is 44.2 Å². The maximum atomic E-state index is 12.6. The SMILES string of the molecule is CC1(C)CCC=C(c2cc(-c3ccc(C(F)F)cc3)cs2)C1. The van der Waals surface area contributed by atoms with E-state index in [-0.39, 0.29) is 5.56 Å². The Labute approximate surface area is 134 Å². The molecule has 0 unspecified atom stereocenters. The molecule has 0 nitrogen and oxygen atoms in total. The molecule has 3 heteroatoms. The first-order valence-electron chi connectivity index (χ1n) is 7.61. The number of hydrogen-bond acceptors (Lipinski definition) is 1. The van der Waals surface area contributed by atoms with Gasteiger partial charge in [-0.3, -0.25) is 0 Å². The summed E-state index contributed by atoms with van der Waals surface area (Å²) >= 11 is 1.75. The average Bonchev–Trinajstić information content (AvgIpc) is 2.96. The molecule has 0 N–H and O–H groups in total. The summed E-state index contributed by atoms with van der Waals surface area (Å²) < 4.78 is 25.2. The van der Waals surface area contributed by atoms with Crippen molar-refractivity contribution in [1.29, 1.82) is 0 Å². The van der Waals surface area contributed by atoms with Gasteiger partial charge in [0, 0.05) is 10.4 Å². The zero-order valence-corrected chi connectivity index (χ0v) is 13.7. The zero-order valence-electron chi connectivity index (χ0n) is 12.9. The molecule has 1 heterocycles. The van der Waals surface area contributed by atoms with Crippen molar-refractivity contribution in [2.24, 2.45) is 5.41 Å². The number of thiophene rings is 1. The Morgan fingerprint density at radius 3 is 2.45 bits per heavy atom. The van der Waals surface area contributed by atoms with Crippen molar-refractivity contribution in [2.75, 3.05) is 0 Å². The van der Waals surface area contributed by atoms with Gasteiger partial charge < -0.3 is 0 Å². The lowest BCUT2D eigenvalue weighted by molar-refractivity contribution is 0.151. The number of alkyl halides is 2. The third kappa shape index (κ3) is 3.30. The van der Waals surface area contributed by atoms with Gasteiger partial charge >= 0.3 is 0 Å². The maximum absolute atomic E-state index is 12.6. The van der Waals surface area contributed by atoms with E-state index in [9.17, 15) is 8.78 Å². The lowest BCUT2D eigenvalue weighted by Crippen LogP contribution is -2.14. The van der Waals surface area contributed by atoms with E-state index in [1.54, 1.807) is 23.5 Å². The highest BCUT2D eigenvalue weighted by atomic mass is 32.1. The first kappa shape index (κ1) is 15.4. The van der Waals surface area contributed by atoms with Gasteiger partial charge in [-0.2, -0.15) is 0 Å². The molecular formula is C19H20F2S. The highest BCUT2D eigenvalue weighted by molar-refractivity contribution is 7.11. The Morgan fingerprint density at radius 1 is 1.09 bits per heavy atom. The fourth-order valence-corrected chi connectivity index (χ4v) is 3.94. The number of rotatable bonds is 3. The lowest BCUT2D eigenvalue weighted by atomic mass is 9.77. The second-order valence-electron chi connectivity index (χ2n) is 6.73. The molecule has 0 saturated carbocycles. The zero-order chi connectivity index (χ0) is 15.7. The molecule has 0 amide bonds. The summed E-state index contributed by atoms with van der Waals surface area (Å²) in [5.41, 5.74) is 3.99. The highest BCUT2D eigenvalue weighted by Crippen LogP contribution is 2.42. The first-order valence-corrected chi connectivity index (χ1v) is 8.49. The molecule has 0 radical (unpaired) electrons. The number of halogens is 2. The molecular weight excluding hydrogens is 298 g/mol. The minimum atomic E-state index is -2.40. The van der Waals surface area contributed by atoms with Gasteiger partial charge in [0.25, 0.3) is 6.43 Å². The summed E-state index contributed by atoms with van der Waals surface area (Å²) in [4.78, 5) is 1.31. The Kier molecular flexibility index (Phi) is 4.18. The van der Waals surface area contributed by atoms with E-state index < -0.39 is 6.43 Å². The minimum absolute atomic E-state index is 0.0796. The summed E-state index contributed by atoms with van der Waals surface area (Å²) in [6.45, 7) is 4.63. The van der Waals surface area contributed by atoms with Crippen molar-refractivity contribution < 1.29 is 8.78 Å². The average molecular weight is 318 g/mol. The highest BCUT2D eigenvalue weighted by Gasteiger charge is 2.24. The van der Waals surface area contributed by atoms with Crippen LogP contribution in [0.3, 0.4) is 0 Å². The van der Waals surface area contributed by atoms with Crippen LogP contribution in [0.5, 0.6) is 0 Å². The molecule has 22 heavy (non-hydrogen) atoms. The standard InChI is InChI=1S/C19H20F2S/c1-19(2)9-3-4-15(11-19)17-10-16(12-22-17)13-5-7-14(8-6-13)18(20)21/h4-8,10,12,18H,3,9,11H2,1-2H3. The number of benzene rings is 1. The van der Waals surface area contributed by atoms with Crippen molar-refractivity contribution in [3.8, 4) is 11.1 Å². The normalized spacial score (nSPS) is 17.6. The molecule has 116 valence electrons. The van der Waals surface area contributed by atoms with Gasteiger partial charge in [-0.05, 0) is 52.8 Å². The molecule has 1 aromatic carbocycles. The van der Waals surface area contributed by atoms with Crippen molar-refractivity contribution in [1.82, 2.24) is 0 Å². The largest absolute Gasteiger partial charge is 0.263 e. The molecule has 1 aliphatic carbocycles. The first-order chi connectivity index (χ1) is 10.4. The van der Waals surface area contributed by atoms with Gasteiger partial charge in [-0.15, -0.1) is 11.3 Å². The fraction of sp³-hybridized carbons (Fsp3) is 0.368. The van der Waals surface area contributed by atoms with Crippen LogP contribution in [-0.4, -0.2) is 0 Å². The third-order valence-corrected chi connectivity index (χ3v) is 5.30. The summed E-state index contributed by atoms with van der Waals surface area (Å²) in [7, 11) is 0.